The van der Waals surface area contributed by atoms with Crippen LogP contribution in [0.3, 0.4) is 0 Å². The van der Waals surface area contributed by atoms with Crippen LogP contribution in [0, 0.1) is 11.8 Å². The fourth-order valence-corrected chi connectivity index (χ4v) is 4.89. The normalized spacial score (nSPS) is 22.3. The highest BCUT2D eigenvalue weighted by molar-refractivity contribution is 8.01. The summed E-state index contributed by atoms with van der Waals surface area (Å²) in [6.45, 7) is 4.51. The minimum Gasteiger partial charge on any atom is -0.497 e. The van der Waals surface area contributed by atoms with Gasteiger partial charge in [-0.15, -0.1) is 10.2 Å². The number of hydrogen-bond donors (Lipinski definition) is 2. The molecule has 0 aliphatic heterocycles. The lowest BCUT2D eigenvalue weighted by Crippen LogP contribution is -2.44. The molecule has 6 nitrogen and oxygen atoms in total. The fraction of sp³-hybridized carbons (Fsp3) is 0.526. The van der Waals surface area contributed by atoms with E-state index in [4.69, 9.17) is 4.74 Å². The first-order chi connectivity index (χ1) is 13.0. The molecular formula is C19H26N4O2S2. The molecule has 1 heterocycles. The molecule has 1 aliphatic carbocycles. The maximum atomic E-state index is 12.3. The Hall–Kier alpha value is -1.80. The fourth-order valence-electron chi connectivity index (χ4n) is 3.30. The number of ether oxygens (including phenoxy) is 1. The SMILES string of the molecule is COc1cccc(Nc2nnc(SCC(=O)N[C@H]3CCC[C@H](C)[C@H]3C)s2)c1. The Morgan fingerprint density at radius 2 is 2.19 bits per heavy atom. The van der Waals surface area contributed by atoms with Crippen molar-refractivity contribution in [3.8, 4) is 5.75 Å². The van der Waals surface area contributed by atoms with Crippen molar-refractivity contribution in [3.63, 3.8) is 0 Å². The molecule has 1 amide bonds. The Morgan fingerprint density at radius 1 is 1.33 bits per heavy atom. The van der Waals surface area contributed by atoms with Crippen molar-refractivity contribution in [2.24, 2.45) is 11.8 Å². The number of carbonyl (C=O) groups is 1. The lowest BCUT2D eigenvalue weighted by molar-refractivity contribution is -0.119. The smallest absolute Gasteiger partial charge is 0.230 e. The molecule has 1 fully saturated rings. The van der Waals surface area contributed by atoms with Crippen LogP contribution >= 0.6 is 23.1 Å². The van der Waals surface area contributed by atoms with Gasteiger partial charge in [0.25, 0.3) is 0 Å². The van der Waals surface area contributed by atoms with Crippen molar-refractivity contribution in [1.29, 1.82) is 0 Å². The lowest BCUT2D eigenvalue weighted by Gasteiger charge is -2.34. The van der Waals surface area contributed by atoms with Crippen LogP contribution in [0.5, 0.6) is 5.75 Å². The molecule has 0 radical (unpaired) electrons. The van der Waals surface area contributed by atoms with Gasteiger partial charge in [0.15, 0.2) is 4.34 Å². The number of nitrogens with one attached hydrogen (secondary N) is 2. The number of methoxy groups -OCH3 is 1. The second-order valence-electron chi connectivity index (χ2n) is 6.96. The largest absolute Gasteiger partial charge is 0.497 e. The predicted molar refractivity (Wildman–Crippen MR) is 111 cm³/mol. The summed E-state index contributed by atoms with van der Waals surface area (Å²) in [5.41, 5.74) is 0.889. The maximum Gasteiger partial charge on any atom is 0.230 e. The summed E-state index contributed by atoms with van der Waals surface area (Å²) < 4.78 is 6.00. The summed E-state index contributed by atoms with van der Waals surface area (Å²) in [6, 6.07) is 7.93. The summed E-state index contributed by atoms with van der Waals surface area (Å²) in [5.74, 6) is 2.43. The van der Waals surface area contributed by atoms with Crippen molar-refractivity contribution in [1.82, 2.24) is 15.5 Å². The second kappa shape index (κ2) is 9.41. The summed E-state index contributed by atoms with van der Waals surface area (Å²) >= 11 is 2.87. The summed E-state index contributed by atoms with van der Waals surface area (Å²) in [5, 5.41) is 15.4. The molecule has 1 aliphatic rings. The average Bonchev–Trinajstić information content (AvgIpc) is 3.11. The van der Waals surface area contributed by atoms with Crippen LogP contribution in [0.15, 0.2) is 28.6 Å². The molecule has 0 unspecified atom stereocenters. The molecule has 0 bridgehead atoms. The van der Waals surface area contributed by atoms with E-state index in [0.29, 0.717) is 28.8 Å². The van der Waals surface area contributed by atoms with E-state index in [1.165, 1.54) is 35.9 Å². The molecular weight excluding hydrogens is 380 g/mol. The molecule has 1 aromatic carbocycles. The highest BCUT2D eigenvalue weighted by Gasteiger charge is 2.28. The minimum atomic E-state index is 0.0726. The van der Waals surface area contributed by atoms with E-state index in [2.05, 4.69) is 34.7 Å². The summed E-state index contributed by atoms with van der Waals surface area (Å²) in [7, 11) is 1.64. The van der Waals surface area contributed by atoms with Crippen molar-refractivity contribution in [2.75, 3.05) is 18.2 Å². The van der Waals surface area contributed by atoms with Gasteiger partial charge in [0.1, 0.15) is 5.75 Å². The first kappa shape index (κ1) is 19.9. The summed E-state index contributed by atoms with van der Waals surface area (Å²) in [6.07, 6.45) is 3.53. The average molecular weight is 407 g/mol. The Morgan fingerprint density at radius 3 is 3.00 bits per heavy atom. The number of hydrogen-bond acceptors (Lipinski definition) is 7. The van der Waals surface area contributed by atoms with Gasteiger partial charge in [-0.3, -0.25) is 4.79 Å². The van der Waals surface area contributed by atoms with Crippen LogP contribution < -0.4 is 15.4 Å². The van der Waals surface area contributed by atoms with Gasteiger partial charge in [-0.1, -0.05) is 55.9 Å². The third-order valence-corrected chi connectivity index (χ3v) is 7.08. The Labute approximate surface area is 168 Å². The molecule has 2 N–H and O–H groups in total. The zero-order valence-corrected chi connectivity index (χ0v) is 17.5. The third-order valence-electron chi connectivity index (χ3n) is 5.11. The number of rotatable bonds is 7. The number of amides is 1. The molecule has 3 atom stereocenters. The Bertz CT molecular complexity index is 768. The first-order valence-electron chi connectivity index (χ1n) is 9.22. The van der Waals surface area contributed by atoms with Crippen LogP contribution in [0.4, 0.5) is 10.8 Å². The summed E-state index contributed by atoms with van der Waals surface area (Å²) in [4.78, 5) is 12.3. The van der Waals surface area contributed by atoms with Crippen molar-refractivity contribution < 1.29 is 9.53 Å². The number of aromatic nitrogens is 2. The molecule has 1 saturated carbocycles. The van der Waals surface area contributed by atoms with Gasteiger partial charge in [-0.05, 0) is 30.4 Å². The zero-order valence-electron chi connectivity index (χ0n) is 15.9. The molecule has 1 aromatic heterocycles. The highest BCUT2D eigenvalue weighted by atomic mass is 32.2. The predicted octanol–water partition coefficient (Wildman–Crippen LogP) is 4.32. The van der Waals surface area contributed by atoms with E-state index in [1.54, 1.807) is 7.11 Å². The molecule has 0 saturated heterocycles. The van der Waals surface area contributed by atoms with Gasteiger partial charge in [-0.25, -0.2) is 0 Å². The van der Waals surface area contributed by atoms with E-state index >= 15 is 0 Å². The standard InChI is InChI=1S/C19H26N4O2S2/c1-12-6-4-9-16(13(12)2)21-17(24)11-26-19-23-22-18(27-19)20-14-7-5-8-15(10-14)25-3/h5,7-8,10,12-13,16H,4,6,9,11H2,1-3H3,(H,20,22)(H,21,24)/t12-,13+,16-/m0/s1. The van der Waals surface area contributed by atoms with Crippen LogP contribution in [-0.4, -0.2) is 35.0 Å². The highest BCUT2D eigenvalue weighted by Crippen LogP contribution is 2.31. The Kier molecular flexibility index (Phi) is 6.95. The van der Waals surface area contributed by atoms with Crippen molar-refractivity contribution >= 4 is 39.8 Å². The lowest BCUT2D eigenvalue weighted by atomic mass is 9.78. The number of benzene rings is 1. The Balaban J connectivity index is 1.48. The van der Waals surface area contributed by atoms with Crippen LogP contribution in [0.1, 0.15) is 33.1 Å². The first-order valence-corrected chi connectivity index (χ1v) is 11.0. The van der Waals surface area contributed by atoms with E-state index in [1.807, 2.05) is 24.3 Å². The molecule has 27 heavy (non-hydrogen) atoms. The van der Waals surface area contributed by atoms with Crippen LogP contribution in [0.2, 0.25) is 0 Å². The van der Waals surface area contributed by atoms with Crippen LogP contribution in [0.25, 0.3) is 0 Å². The van der Waals surface area contributed by atoms with E-state index < -0.39 is 0 Å². The topological polar surface area (TPSA) is 76.1 Å². The molecule has 0 spiro atoms. The van der Waals surface area contributed by atoms with Gasteiger partial charge in [0.05, 0.1) is 12.9 Å². The van der Waals surface area contributed by atoms with Crippen LogP contribution in [-0.2, 0) is 4.79 Å². The maximum absolute atomic E-state index is 12.3. The zero-order chi connectivity index (χ0) is 19.2. The number of nitrogens with zero attached hydrogens (tertiary/aromatic N) is 2. The van der Waals surface area contributed by atoms with Gasteiger partial charge in [0.2, 0.25) is 11.0 Å². The molecule has 146 valence electrons. The van der Waals surface area contributed by atoms with E-state index in [-0.39, 0.29) is 5.91 Å². The minimum absolute atomic E-state index is 0.0726. The quantitative estimate of drug-likeness (QED) is 0.667. The van der Waals surface area contributed by atoms with Gasteiger partial charge >= 0.3 is 0 Å². The van der Waals surface area contributed by atoms with Gasteiger partial charge in [-0.2, -0.15) is 0 Å². The van der Waals surface area contributed by atoms with Gasteiger partial charge < -0.3 is 15.4 Å². The van der Waals surface area contributed by atoms with E-state index in [9.17, 15) is 4.79 Å². The number of carbonyl (C=O) groups excluding carboxylic acids is 1. The second-order valence-corrected chi connectivity index (χ2v) is 9.16. The van der Waals surface area contributed by atoms with Crippen molar-refractivity contribution in [3.05, 3.63) is 24.3 Å². The molecule has 8 heteroatoms. The van der Waals surface area contributed by atoms with Crippen molar-refractivity contribution in [2.45, 2.75) is 43.5 Å². The number of thioether (sulfide) groups is 1. The van der Waals surface area contributed by atoms with E-state index in [0.717, 1.165) is 22.2 Å². The monoisotopic (exact) mass is 406 g/mol. The molecule has 2 aromatic rings. The number of anilines is 2. The third kappa shape index (κ3) is 5.59. The van der Waals surface area contributed by atoms with Gasteiger partial charge in [0, 0.05) is 17.8 Å². The molecule has 3 rings (SSSR count).